The van der Waals surface area contributed by atoms with Crippen LogP contribution in [0, 0.1) is 0 Å². The molecule has 0 spiro atoms. The van der Waals surface area contributed by atoms with E-state index in [0.717, 1.165) is 11.3 Å². The highest BCUT2D eigenvalue weighted by Gasteiger charge is 2.35. The number of fused-ring (bicyclic) bond motifs is 1. The van der Waals surface area contributed by atoms with Crippen LogP contribution in [0.25, 0.3) is 0 Å². The zero-order valence-corrected chi connectivity index (χ0v) is 15.6. The fourth-order valence-corrected chi connectivity index (χ4v) is 3.93. The number of hydrogen-bond acceptors (Lipinski definition) is 4. The Morgan fingerprint density at radius 2 is 1.89 bits per heavy atom. The quantitative estimate of drug-likeness (QED) is 0.855. The summed E-state index contributed by atoms with van der Waals surface area (Å²) >= 11 is 0. The summed E-state index contributed by atoms with van der Waals surface area (Å²) in [7, 11) is 1.88. The first-order chi connectivity index (χ1) is 13.0. The van der Waals surface area contributed by atoms with Crippen LogP contribution in [0.15, 0.2) is 48.5 Å². The Bertz CT molecular complexity index is 883. The van der Waals surface area contributed by atoms with Crippen molar-refractivity contribution in [3.63, 3.8) is 0 Å². The van der Waals surface area contributed by atoms with E-state index in [2.05, 4.69) is 17.4 Å². The van der Waals surface area contributed by atoms with Crippen LogP contribution in [0.4, 0.5) is 11.4 Å². The minimum absolute atomic E-state index is 0.0535. The topological polar surface area (TPSA) is 78.7 Å². The zero-order chi connectivity index (χ0) is 19.1. The van der Waals surface area contributed by atoms with Crippen molar-refractivity contribution < 1.29 is 9.59 Å². The van der Waals surface area contributed by atoms with Crippen molar-refractivity contribution in [1.29, 1.82) is 0 Å². The van der Waals surface area contributed by atoms with Crippen LogP contribution >= 0.6 is 0 Å². The predicted octanol–water partition coefficient (Wildman–Crippen LogP) is 2.03. The smallest absolute Gasteiger partial charge is 0.254 e. The molecule has 3 N–H and O–H groups in total. The normalized spacial score (nSPS) is 24.6. The maximum absolute atomic E-state index is 13.0. The van der Waals surface area contributed by atoms with Gasteiger partial charge in [0.15, 0.2) is 0 Å². The fourth-order valence-electron chi connectivity index (χ4n) is 3.93. The second-order valence-corrected chi connectivity index (χ2v) is 7.40. The number of amides is 2. The molecule has 140 valence electrons. The monoisotopic (exact) mass is 364 g/mol. The van der Waals surface area contributed by atoms with Gasteiger partial charge in [-0.3, -0.25) is 9.59 Å². The van der Waals surface area contributed by atoms with Crippen molar-refractivity contribution in [2.24, 2.45) is 5.73 Å². The average Bonchev–Trinajstić information content (AvgIpc) is 3.07. The van der Waals surface area contributed by atoms with Crippen molar-refractivity contribution in [1.82, 2.24) is 4.90 Å². The Morgan fingerprint density at radius 3 is 2.63 bits per heavy atom. The van der Waals surface area contributed by atoms with Crippen LogP contribution in [0.3, 0.4) is 0 Å². The molecule has 0 radical (unpaired) electrons. The molecule has 2 aliphatic rings. The molecule has 0 saturated carbocycles. The number of nitrogens with zero attached hydrogens (tertiary/aromatic N) is 2. The number of hydrogen-bond donors (Lipinski definition) is 2. The van der Waals surface area contributed by atoms with Gasteiger partial charge in [-0.2, -0.15) is 0 Å². The fraction of sp³-hybridized carbons (Fsp3) is 0.333. The second kappa shape index (κ2) is 6.70. The van der Waals surface area contributed by atoms with Crippen molar-refractivity contribution >= 4 is 23.2 Å². The second-order valence-electron chi connectivity index (χ2n) is 7.40. The highest BCUT2D eigenvalue weighted by molar-refractivity contribution is 6.05. The number of carbonyl (C=O) groups is 2. The Kier molecular flexibility index (Phi) is 4.36. The molecule has 27 heavy (non-hydrogen) atoms. The Morgan fingerprint density at radius 1 is 1.15 bits per heavy atom. The van der Waals surface area contributed by atoms with Gasteiger partial charge >= 0.3 is 0 Å². The number of carbonyl (C=O) groups excluding carboxylic acids is 2. The summed E-state index contributed by atoms with van der Waals surface area (Å²) in [5, 5.41) is 2.89. The van der Waals surface area contributed by atoms with Crippen LogP contribution in [-0.2, 0) is 4.79 Å². The molecule has 0 aliphatic carbocycles. The van der Waals surface area contributed by atoms with Crippen LogP contribution in [0.2, 0.25) is 0 Å². The van der Waals surface area contributed by atoms with Crippen molar-refractivity contribution in [3.05, 3.63) is 59.7 Å². The van der Waals surface area contributed by atoms with E-state index >= 15 is 0 Å². The highest BCUT2D eigenvalue weighted by Crippen LogP contribution is 2.33. The third-order valence-electron chi connectivity index (χ3n) is 5.72. The van der Waals surface area contributed by atoms with Gasteiger partial charge in [0.25, 0.3) is 5.91 Å². The van der Waals surface area contributed by atoms with Gasteiger partial charge in [-0.05, 0) is 30.7 Å². The van der Waals surface area contributed by atoms with Gasteiger partial charge < -0.3 is 20.9 Å². The maximum atomic E-state index is 13.0. The van der Waals surface area contributed by atoms with Gasteiger partial charge in [-0.15, -0.1) is 0 Å². The lowest BCUT2D eigenvalue weighted by atomic mass is 9.95. The SMILES string of the molecule is CC1C(=O)Nc2cc(C(=O)N3C[C@@H](N)[C@H](c4ccccc4)C3)ccc2N1C. The summed E-state index contributed by atoms with van der Waals surface area (Å²) in [6.45, 7) is 2.98. The average molecular weight is 364 g/mol. The molecular formula is C21H24N4O2. The predicted molar refractivity (Wildman–Crippen MR) is 106 cm³/mol. The zero-order valence-electron chi connectivity index (χ0n) is 15.6. The van der Waals surface area contributed by atoms with E-state index in [1.807, 2.05) is 49.2 Å². The number of nitrogens with one attached hydrogen (secondary N) is 1. The first kappa shape index (κ1) is 17.5. The molecule has 0 bridgehead atoms. The molecule has 1 unspecified atom stereocenters. The molecule has 0 aromatic heterocycles. The van der Waals surface area contributed by atoms with Crippen LogP contribution in [-0.4, -0.2) is 48.9 Å². The van der Waals surface area contributed by atoms with Crippen molar-refractivity contribution in [2.75, 3.05) is 30.4 Å². The molecule has 2 aliphatic heterocycles. The number of likely N-dealkylation sites (N-methyl/N-ethyl adjacent to an activating group) is 1. The Hall–Kier alpha value is -2.86. The first-order valence-corrected chi connectivity index (χ1v) is 9.23. The summed E-state index contributed by atoms with van der Waals surface area (Å²) in [5.74, 6) is 0.0172. The highest BCUT2D eigenvalue weighted by atomic mass is 16.2. The maximum Gasteiger partial charge on any atom is 0.254 e. The molecule has 2 amide bonds. The van der Waals surface area contributed by atoms with E-state index < -0.39 is 0 Å². The van der Waals surface area contributed by atoms with E-state index in [4.69, 9.17) is 5.73 Å². The van der Waals surface area contributed by atoms with Gasteiger partial charge in [0.2, 0.25) is 5.91 Å². The van der Waals surface area contributed by atoms with E-state index in [9.17, 15) is 9.59 Å². The van der Waals surface area contributed by atoms with Crippen molar-refractivity contribution in [2.45, 2.75) is 24.9 Å². The molecule has 1 fully saturated rings. The van der Waals surface area contributed by atoms with Gasteiger partial charge in [0.05, 0.1) is 11.4 Å². The molecule has 2 aromatic rings. The third kappa shape index (κ3) is 3.06. The first-order valence-electron chi connectivity index (χ1n) is 9.23. The largest absolute Gasteiger partial charge is 0.361 e. The Labute approximate surface area is 158 Å². The van der Waals surface area contributed by atoms with Crippen molar-refractivity contribution in [3.8, 4) is 0 Å². The van der Waals surface area contributed by atoms with Gasteiger partial charge in [-0.25, -0.2) is 0 Å². The lowest BCUT2D eigenvalue weighted by molar-refractivity contribution is -0.117. The lowest BCUT2D eigenvalue weighted by Gasteiger charge is -2.33. The summed E-state index contributed by atoms with van der Waals surface area (Å²) < 4.78 is 0. The standard InChI is InChI=1S/C21H24N4O2/c1-13-20(26)23-18-10-15(8-9-19(18)24(13)2)21(27)25-11-16(17(22)12-25)14-6-4-3-5-7-14/h3-10,13,16-17H,11-12,22H2,1-2H3,(H,23,26)/t13?,16-,17+/m0/s1. The number of anilines is 2. The summed E-state index contributed by atoms with van der Waals surface area (Å²) in [6, 6.07) is 15.3. The van der Waals surface area contributed by atoms with E-state index in [1.54, 1.807) is 11.0 Å². The molecule has 2 heterocycles. The number of rotatable bonds is 2. The summed E-state index contributed by atoms with van der Waals surface area (Å²) in [5.41, 5.74) is 9.64. The van der Waals surface area contributed by atoms with E-state index in [-0.39, 0.29) is 29.8 Å². The van der Waals surface area contributed by atoms with E-state index in [0.29, 0.717) is 24.3 Å². The summed E-state index contributed by atoms with van der Waals surface area (Å²) in [6.07, 6.45) is 0. The number of nitrogens with two attached hydrogens (primary N) is 1. The van der Waals surface area contributed by atoms with Gasteiger partial charge in [-0.1, -0.05) is 30.3 Å². The molecular weight excluding hydrogens is 340 g/mol. The van der Waals surface area contributed by atoms with Crippen LogP contribution < -0.4 is 16.0 Å². The van der Waals surface area contributed by atoms with Gasteiger partial charge in [0, 0.05) is 37.7 Å². The van der Waals surface area contributed by atoms with Crippen LogP contribution in [0.1, 0.15) is 28.8 Å². The molecule has 4 rings (SSSR count). The summed E-state index contributed by atoms with van der Waals surface area (Å²) in [4.78, 5) is 28.8. The molecule has 2 aromatic carbocycles. The molecule has 1 saturated heterocycles. The number of benzene rings is 2. The minimum Gasteiger partial charge on any atom is -0.361 e. The van der Waals surface area contributed by atoms with E-state index in [1.165, 1.54) is 0 Å². The molecule has 3 atom stereocenters. The number of likely N-dealkylation sites (tertiary alicyclic amines) is 1. The van der Waals surface area contributed by atoms with Crippen LogP contribution in [0.5, 0.6) is 0 Å². The minimum atomic E-state index is -0.234. The lowest BCUT2D eigenvalue weighted by Crippen LogP contribution is -2.44. The van der Waals surface area contributed by atoms with Gasteiger partial charge in [0.1, 0.15) is 6.04 Å². The molecule has 6 nitrogen and oxygen atoms in total. The molecule has 6 heteroatoms. The Balaban J connectivity index is 1.56. The third-order valence-corrected chi connectivity index (χ3v) is 5.72.